The van der Waals surface area contributed by atoms with Crippen LogP contribution in [0.5, 0.6) is 0 Å². The van der Waals surface area contributed by atoms with Crippen molar-refractivity contribution < 1.29 is 4.42 Å². The van der Waals surface area contributed by atoms with E-state index in [-0.39, 0.29) is 0 Å². The molecule has 1 heterocycles. The lowest BCUT2D eigenvalue weighted by Crippen LogP contribution is -2.10. The number of furan rings is 1. The summed E-state index contributed by atoms with van der Waals surface area (Å²) in [5.41, 5.74) is 14.3. The van der Waals surface area contributed by atoms with Crippen LogP contribution in [-0.2, 0) is 0 Å². The Kier molecular flexibility index (Phi) is 8.19. The van der Waals surface area contributed by atoms with Crippen molar-refractivity contribution in [2.75, 3.05) is 4.90 Å². The Labute approximate surface area is 337 Å². The van der Waals surface area contributed by atoms with Crippen molar-refractivity contribution in [2.45, 2.75) is 0 Å². The molecule has 0 bridgehead atoms. The minimum atomic E-state index is 0.867. The molecule has 272 valence electrons. The molecule has 0 saturated carbocycles. The van der Waals surface area contributed by atoms with Gasteiger partial charge in [0.05, 0.1) is 11.1 Å². The second-order valence-electron chi connectivity index (χ2n) is 14.9. The lowest BCUT2D eigenvalue weighted by molar-refractivity contribution is 0.670. The Morgan fingerprint density at radius 3 is 1.45 bits per heavy atom. The minimum Gasteiger partial charge on any atom is -0.455 e. The number of fused-ring (bicyclic) bond motifs is 6. The van der Waals surface area contributed by atoms with E-state index in [2.05, 4.69) is 229 Å². The van der Waals surface area contributed by atoms with Gasteiger partial charge in [0, 0.05) is 22.3 Å². The molecule has 0 aliphatic rings. The zero-order chi connectivity index (χ0) is 38.4. The van der Waals surface area contributed by atoms with Gasteiger partial charge in [0.25, 0.3) is 0 Å². The van der Waals surface area contributed by atoms with Gasteiger partial charge in [-0.15, -0.1) is 0 Å². The third kappa shape index (κ3) is 5.91. The highest BCUT2D eigenvalue weighted by Gasteiger charge is 2.23. The van der Waals surface area contributed by atoms with E-state index in [1.165, 1.54) is 54.9 Å². The van der Waals surface area contributed by atoms with E-state index in [0.29, 0.717) is 0 Å². The molecule has 0 N–H and O–H groups in total. The van der Waals surface area contributed by atoms with Crippen molar-refractivity contribution in [1.29, 1.82) is 0 Å². The summed E-state index contributed by atoms with van der Waals surface area (Å²) in [5, 5.41) is 7.10. The van der Waals surface area contributed by atoms with Gasteiger partial charge in [-0.05, 0) is 103 Å². The number of anilines is 3. The predicted octanol–water partition coefficient (Wildman–Crippen LogP) is 16.0. The molecule has 11 aromatic rings. The Morgan fingerprint density at radius 2 is 0.793 bits per heavy atom. The number of hydrogen-bond acceptors (Lipinski definition) is 2. The number of nitrogens with zero attached hydrogens (tertiary/aromatic N) is 1. The van der Waals surface area contributed by atoms with Gasteiger partial charge in [-0.3, -0.25) is 0 Å². The van der Waals surface area contributed by atoms with E-state index >= 15 is 0 Å². The molecule has 11 rings (SSSR count). The van der Waals surface area contributed by atoms with Crippen LogP contribution in [0.1, 0.15) is 0 Å². The summed E-state index contributed by atoms with van der Waals surface area (Å²) in [6, 6.07) is 80.6. The van der Waals surface area contributed by atoms with Crippen LogP contribution in [0.25, 0.3) is 88.0 Å². The first-order valence-corrected chi connectivity index (χ1v) is 19.8. The van der Waals surface area contributed by atoms with Crippen LogP contribution in [0.4, 0.5) is 17.1 Å². The maximum atomic E-state index is 6.83. The monoisotopic (exact) mass is 739 g/mol. The van der Waals surface area contributed by atoms with Crippen LogP contribution in [-0.4, -0.2) is 0 Å². The van der Waals surface area contributed by atoms with Gasteiger partial charge in [-0.2, -0.15) is 0 Å². The summed E-state index contributed by atoms with van der Waals surface area (Å²) in [4.78, 5) is 2.39. The molecule has 0 atom stereocenters. The SMILES string of the molecule is c1ccc(-c2ccc(-c3ccc(N(c4ccc5c(ccc6ccccc65)c4)c4ccc(-c5ccc(-c6ccccc6)cc5)c5oc6ccccc6c45)cc3)cc2)cc1. The van der Waals surface area contributed by atoms with Gasteiger partial charge in [0.15, 0.2) is 0 Å². The van der Waals surface area contributed by atoms with Crippen LogP contribution in [0.2, 0.25) is 0 Å². The van der Waals surface area contributed by atoms with Crippen molar-refractivity contribution in [3.63, 3.8) is 0 Å². The summed E-state index contributed by atoms with van der Waals surface area (Å²) in [6.07, 6.45) is 0. The molecule has 2 nitrogen and oxygen atoms in total. The zero-order valence-corrected chi connectivity index (χ0v) is 31.7. The van der Waals surface area contributed by atoms with Crippen LogP contribution in [0.15, 0.2) is 229 Å². The molecular weight excluding hydrogens is 703 g/mol. The van der Waals surface area contributed by atoms with Crippen LogP contribution >= 0.6 is 0 Å². The summed E-state index contributed by atoms with van der Waals surface area (Å²) in [5.74, 6) is 0. The van der Waals surface area contributed by atoms with Gasteiger partial charge in [-0.1, -0.05) is 182 Å². The fraction of sp³-hybridized carbons (Fsp3) is 0. The normalized spacial score (nSPS) is 11.4. The van der Waals surface area contributed by atoms with Crippen molar-refractivity contribution in [2.24, 2.45) is 0 Å². The Balaban J connectivity index is 1.07. The zero-order valence-electron chi connectivity index (χ0n) is 31.7. The van der Waals surface area contributed by atoms with Crippen LogP contribution in [0.3, 0.4) is 0 Å². The van der Waals surface area contributed by atoms with E-state index < -0.39 is 0 Å². The van der Waals surface area contributed by atoms with Crippen LogP contribution < -0.4 is 4.90 Å². The maximum absolute atomic E-state index is 6.83. The van der Waals surface area contributed by atoms with Gasteiger partial charge in [0.2, 0.25) is 0 Å². The number of rotatable bonds is 7. The largest absolute Gasteiger partial charge is 0.455 e. The van der Waals surface area contributed by atoms with E-state index in [4.69, 9.17) is 4.42 Å². The van der Waals surface area contributed by atoms with Gasteiger partial charge in [-0.25, -0.2) is 0 Å². The topological polar surface area (TPSA) is 16.4 Å². The summed E-state index contributed by atoms with van der Waals surface area (Å²) in [7, 11) is 0. The van der Waals surface area contributed by atoms with Crippen molar-refractivity contribution in [1.82, 2.24) is 0 Å². The minimum absolute atomic E-state index is 0.867. The Morgan fingerprint density at radius 1 is 0.310 bits per heavy atom. The molecule has 0 aliphatic heterocycles. The average molecular weight is 740 g/mol. The second kappa shape index (κ2) is 14.1. The van der Waals surface area contributed by atoms with Gasteiger partial charge >= 0.3 is 0 Å². The highest BCUT2D eigenvalue weighted by molar-refractivity contribution is 6.17. The molecule has 1 aromatic heterocycles. The quantitative estimate of drug-likeness (QED) is 0.151. The maximum Gasteiger partial charge on any atom is 0.145 e. The smallest absolute Gasteiger partial charge is 0.145 e. The van der Waals surface area contributed by atoms with Crippen LogP contribution in [0, 0.1) is 0 Å². The number of para-hydroxylation sites is 1. The highest BCUT2D eigenvalue weighted by atomic mass is 16.3. The van der Waals surface area contributed by atoms with E-state index in [1.807, 2.05) is 0 Å². The Bertz CT molecular complexity index is 3240. The fourth-order valence-corrected chi connectivity index (χ4v) is 8.55. The standard InChI is InChI=1S/C56H37NO/c1-3-11-38(12-4-1)40-19-21-42(22-20-40)43-29-31-47(32-30-43)57(48-33-34-50-46(37-48)28-27-44-15-7-8-16-49(44)50)53-36-35-51(56-55(53)52-17-9-10-18-54(52)58-56)45-25-23-41(24-26-45)39-13-5-2-6-14-39/h1-37H. The van der Waals surface area contributed by atoms with E-state index in [9.17, 15) is 0 Å². The molecule has 0 aliphatic carbocycles. The first-order chi connectivity index (χ1) is 28.7. The van der Waals surface area contributed by atoms with Gasteiger partial charge < -0.3 is 9.32 Å². The lowest BCUT2D eigenvalue weighted by atomic mass is 9.97. The molecule has 0 spiro atoms. The second-order valence-corrected chi connectivity index (χ2v) is 14.9. The Hall–Kier alpha value is -7.68. The molecule has 0 saturated heterocycles. The molecule has 0 radical (unpaired) electrons. The fourth-order valence-electron chi connectivity index (χ4n) is 8.55. The van der Waals surface area contributed by atoms with Crippen molar-refractivity contribution in [3.8, 4) is 44.5 Å². The first-order valence-electron chi connectivity index (χ1n) is 19.8. The predicted molar refractivity (Wildman–Crippen MR) is 245 cm³/mol. The van der Waals surface area contributed by atoms with E-state index in [0.717, 1.165) is 50.1 Å². The third-order valence-corrected chi connectivity index (χ3v) is 11.5. The summed E-state index contributed by atoms with van der Waals surface area (Å²) in [6.45, 7) is 0. The molecule has 10 aromatic carbocycles. The average Bonchev–Trinajstić information content (AvgIpc) is 3.70. The first kappa shape index (κ1) is 33.6. The molecule has 2 heteroatoms. The van der Waals surface area contributed by atoms with E-state index in [1.54, 1.807) is 0 Å². The third-order valence-electron chi connectivity index (χ3n) is 11.5. The summed E-state index contributed by atoms with van der Waals surface area (Å²) < 4.78 is 6.83. The lowest BCUT2D eigenvalue weighted by Gasteiger charge is -2.27. The molecule has 0 amide bonds. The highest BCUT2D eigenvalue weighted by Crippen LogP contribution is 2.47. The molecule has 0 unspecified atom stereocenters. The van der Waals surface area contributed by atoms with Crippen molar-refractivity contribution >= 4 is 60.5 Å². The number of hydrogen-bond donors (Lipinski definition) is 0. The molecular formula is C56H37NO. The molecule has 0 fully saturated rings. The molecule has 58 heavy (non-hydrogen) atoms. The van der Waals surface area contributed by atoms with Crippen molar-refractivity contribution in [3.05, 3.63) is 224 Å². The van der Waals surface area contributed by atoms with Gasteiger partial charge in [0.1, 0.15) is 11.2 Å². The summed E-state index contributed by atoms with van der Waals surface area (Å²) >= 11 is 0. The number of benzene rings is 10.